The van der Waals surface area contributed by atoms with Crippen molar-refractivity contribution in [3.05, 3.63) is 71.8 Å². The van der Waals surface area contributed by atoms with Crippen LogP contribution in [0.4, 0.5) is 0 Å². The van der Waals surface area contributed by atoms with Gasteiger partial charge in [-0.15, -0.1) is 0 Å². The molecule has 2 heterocycles. The van der Waals surface area contributed by atoms with E-state index in [0.717, 1.165) is 36.8 Å². The van der Waals surface area contributed by atoms with E-state index in [1.807, 2.05) is 65.6 Å². The van der Waals surface area contributed by atoms with Crippen LogP contribution in [0, 0.1) is 5.92 Å². The van der Waals surface area contributed by atoms with E-state index in [4.69, 9.17) is 0 Å². The van der Waals surface area contributed by atoms with Gasteiger partial charge in [0.05, 0.1) is 6.10 Å². The van der Waals surface area contributed by atoms with E-state index < -0.39 is 12.1 Å². The lowest BCUT2D eigenvalue weighted by Crippen LogP contribution is -2.49. The van der Waals surface area contributed by atoms with E-state index in [2.05, 4.69) is 0 Å². The molecule has 0 saturated carbocycles. The SMILES string of the molecule is O=C(C(c1ccccc1)N1CCCCC1=O)N1CCC(C(O)c2ccccc2)CC1. The number of carbonyl (C=O) groups excluding carboxylic acids is 2. The Hall–Kier alpha value is -2.66. The van der Waals surface area contributed by atoms with Crippen molar-refractivity contribution in [1.29, 1.82) is 0 Å². The molecule has 2 saturated heterocycles. The summed E-state index contributed by atoms with van der Waals surface area (Å²) in [6.45, 7) is 1.85. The van der Waals surface area contributed by atoms with Gasteiger partial charge in [0.15, 0.2) is 0 Å². The Kier molecular flexibility index (Phi) is 6.48. The fraction of sp³-hybridized carbons (Fsp3) is 0.440. The Labute approximate surface area is 178 Å². The van der Waals surface area contributed by atoms with Gasteiger partial charge < -0.3 is 14.9 Å². The summed E-state index contributed by atoms with van der Waals surface area (Å²) in [6.07, 6.45) is 3.37. The van der Waals surface area contributed by atoms with Gasteiger partial charge in [-0.05, 0) is 42.7 Å². The largest absolute Gasteiger partial charge is 0.388 e. The third-order valence-corrected chi connectivity index (χ3v) is 6.46. The van der Waals surface area contributed by atoms with Crippen LogP contribution in [0.25, 0.3) is 0 Å². The number of hydrogen-bond donors (Lipinski definition) is 1. The molecule has 4 rings (SSSR count). The van der Waals surface area contributed by atoms with Gasteiger partial charge in [0.1, 0.15) is 6.04 Å². The number of aliphatic hydroxyl groups is 1. The first-order chi connectivity index (χ1) is 14.6. The molecule has 2 aromatic rings. The van der Waals surface area contributed by atoms with Gasteiger partial charge in [-0.25, -0.2) is 0 Å². The second-order valence-electron chi connectivity index (χ2n) is 8.38. The number of benzene rings is 2. The molecule has 2 aliphatic rings. The molecule has 0 spiro atoms. The first-order valence-electron chi connectivity index (χ1n) is 11.0. The number of hydrogen-bond acceptors (Lipinski definition) is 3. The number of carbonyl (C=O) groups is 2. The summed E-state index contributed by atoms with van der Waals surface area (Å²) in [6, 6.07) is 18.9. The van der Waals surface area contributed by atoms with Crippen LogP contribution in [0.5, 0.6) is 0 Å². The van der Waals surface area contributed by atoms with E-state index >= 15 is 0 Å². The molecule has 5 nitrogen and oxygen atoms in total. The molecule has 0 aliphatic carbocycles. The second-order valence-corrected chi connectivity index (χ2v) is 8.38. The Morgan fingerprint density at radius 1 is 0.867 bits per heavy atom. The summed E-state index contributed by atoms with van der Waals surface area (Å²) < 4.78 is 0. The van der Waals surface area contributed by atoms with Crippen molar-refractivity contribution in [2.45, 2.75) is 44.2 Å². The fourth-order valence-electron chi connectivity index (χ4n) is 4.72. The second kappa shape index (κ2) is 9.43. The monoisotopic (exact) mass is 406 g/mol. The van der Waals surface area contributed by atoms with Crippen LogP contribution in [0.2, 0.25) is 0 Å². The molecule has 2 aliphatic heterocycles. The van der Waals surface area contributed by atoms with Crippen molar-refractivity contribution in [2.75, 3.05) is 19.6 Å². The van der Waals surface area contributed by atoms with Crippen molar-refractivity contribution < 1.29 is 14.7 Å². The maximum absolute atomic E-state index is 13.6. The van der Waals surface area contributed by atoms with Crippen LogP contribution < -0.4 is 0 Å². The fourth-order valence-corrected chi connectivity index (χ4v) is 4.72. The van der Waals surface area contributed by atoms with Crippen LogP contribution in [0.1, 0.15) is 55.4 Å². The number of piperidine rings is 2. The van der Waals surface area contributed by atoms with E-state index in [0.29, 0.717) is 26.1 Å². The number of rotatable bonds is 5. The third kappa shape index (κ3) is 4.41. The van der Waals surface area contributed by atoms with Gasteiger partial charge in [0.25, 0.3) is 0 Å². The minimum absolute atomic E-state index is 0.00380. The molecule has 2 unspecified atom stereocenters. The summed E-state index contributed by atoms with van der Waals surface area (Å²) in [5.41, 5.74) is 1.81. The number of aliphatic hydroxyl groups excluding tert-OH is 1. The van der Waals surface area contributed by atoms with Crippen LogP contribution in [0.3, 0.4) is 0 Å². The molecular formula is C25H30N2O3. The zero-order valence-electron chi connectivity index (χ0n) is 17.3. The third-order valence-electron chi connectivity index (χ3n) is 6.46. The maximum Gasteiger partial charge on any atom is 0.250 e. The lowest BCUT2D eigenvalue weighted by Gasteiger charge is -2.40. The Bertz CT molecular complexity index is 847. The van der Waals surface area contributed by atoms with Gasteiger partial charge in [0, 0.05) is 26.1 Å². The van der Waals surface area contributed by atoms with Gasteiger partial charge in [-0.2, -0.15) is 0 Å². The van der Waals surface area contributed by atoms with Crippen LogP contribution in [-0.2, 0) is 9.59 Å². The average Bonchev–Trinajstić information content (AvgIpc) is 2.81. The number of nitrogens with zero attached hydrogens (tertiary/aromatic N) is 2. The van der Waals surface area contributed by atoms with Crippen LogP contribution in [-0.4, -0.2) is 46.4 Å². The summed E-state index contributed by atoms with van der Waals surface area (Å²) >= 11 is 0. The molecule has 5 heteroatoms. The molecule has 2 fully saturated rings. The quantitative estimate of drug-likeness (QED) is 0.823. The molecule has 2 atom stereocenters. The maximum atomic E-state index is 13.6. The Balaban J connectivity index is 1.47. The van der Waals surface area contributed by atoms with Crippen molar-refractivity contribution in [2.24, 2.45) is 5.92 Å². The number of likely N-dealkylation sites (tertiary alicyclic amines) is 2. The van der Waals surface area contributed by atoms with Gasteiger partial charge in [0.2, 0.25) is 11.8 Å². The minimum atomic E-state index is -0.547. The average molecular weight is 407 g/mol. The number of amides is 2. The van der Waals surface area contributed by atoms with E-state index in [1.54, 1.807) is 4.90 Å². The molecule has 30 heavy (non-hydrogen) atoms. The zero-order valence-corrected chi connectivity index (χ0v) is 17.3. The molecule has 0 aromatic heterocycles. The highest BCUT2D eigenvalue weighted by Crippen LogP contribution is 2.33. The molecule has 158 valence electrons. The van der Waals surface area contributed by atoms with Gasteiger partial charge in [-0.1, -0.05) is 60.7 Å². The predicted molar refractivity (Wildman–Crippen MR) is 115 cm³/mol. The van der Waals surface area contributed by atoms with E-state index in [9.17, 15) is 14.7 Å². The first-order valence-corrected chi connectivity index (χ1v) is 11.0. The molecule has 2 amide bonds. The Morgan fingerprint density at radius 2 is 1.47 bits per heavy atom. The summed E-state index contributed by atoms with van der Waals surface area (Å²) in [7, 11) is 0. The first kappa shape index (κ1) is 20.6. The Morgan fingerprint density at radius 3 is 2.07 bits per heavy atom. The van der Waals surface area contributed by atoms with Crippen molar-refractivity contribution in [3.63, 3.8) is 0 Å². The lowest BCUT2D eigenvalue weighted by atomic mass is 9.87. The van der Waals surface area contributed by atoms with Crippen molar-refractivity contribution >= 4 is 11.8 Å². The van der Waals surface area contributed by atoms with Gasteiger partial charge in [-0.3, -0.25) is 9.59 Å². The van der Waals surface area contributed by atoms with E-state index in [-0.39, 0.29) is 17.7 Å². The molecule has 0 radical (unpaired) electrons. The molecular weight excluding hydrogens is 376 g/mol. The minimum Gasteiger partial charge on any atom is -0.388 e. The highest BCUT2D eigenvalue weighted by molar-refractivity contribution is 5.89. The summed E-state index contributed by atoms with van der Waals surface area (Å²) in [5.74, 6) is 0.213. The van der Waals surface area contributed by atoms with Crippen LogP contribution in [0.15, 0.2) is 60.7 Å². The predicted octanol–water partition coefficient (Wildman–Crippen LogP) is 3.71. The lowest BCUT2D eigenvalue weighted by molar-refractivity contribution is -0.149. The molecule has 2 aromatic carbocycles. The summed E-state index contributed by atoms with van der Waals surface area (Å²) in [4.78, 5) is 29.8. The smallest absolute Gasteiger partial charge is 0.250 e. The van der Waals surface area contributed by atoms with Crippen LogP contribution >= 0.6 is 0 Å². The molecule has 0 bridgehead atoms. The van der Waals surface area contributed by atoms with E-state index in [1.165, 1.54) is 0 Å². The van der Waals surface area contributed by atoms with Crippen molar-refractivity contribution in [3.8, 4) is 0 Å². The zero-order chi connectivity index (χ0) is 20.9. The highest BCUT2D eigenvalue weighted by Gasteiger charge is 2.37. The van der Waals surface area contributed by atoms with Crippen molar-refractivity contribution in [1.82, 2.24) is 9.80 Å². The van der Waals surface area contributed by atoms with Gasteiger partial charge >= 0.3 is 0 Å². The summed E-state index contributed by atoms with van der Waals surface area (Å²) in [5, 5.41) is 10.7. The highest BCUT2D eigenvalue weighted by atomic mass is 16.3. The molecule has 1 N–H and O–H groups in total. The topological polar surface area (TPSA) is 60.9 Å². The standard InChI is InChI=1S/C25H30N2O3/c28-22-13-7-8-16-27(22)23(19-9-3-1-4-10-19)25(30)26-17-14-21(15-18-26)24(29)20-11-5-2-6-12-20/h1-6,9-12,21,23-24,29H,7-8,13-18H2. The normalized spacial score (nSPS) is 20.1.